The van der Waals surface area contributed by atoms with E-state index >= 15 is 0 Å². The van der Waals surface area contributed by atoms with E-state index in [2.05, 4.69) is 15.6 Å². The quantitative estimate of drug-likeness (QED) is 0.134. The molecule has 10 nitrogen and oxygen atoms in total. The molecule has 1 aliphatic rings. The number of nitrogens with zero attached hydrogens (tertiary/aromatic N) is 2. The second kappa shape index (κ2) is 13.4. The molecule has 2 aromatic carbocycles. The van der Waals surface area contributed by atoms with E-state index in [0.29, 0.717) is 35.8 Å². The monoisotopic (exact) mass is 617 g/mol. The van der Waals surface area contributed by atoms with Gasteiger partial charge < -0.3 is 20.9 Å². The first-order valence-electron chi connectivity index (χ1n) is 14.5. The van der Waals surface area contributed by atoms with Gasteiger partial charge in [0.2, 0.25) is 0 Å². The third-order valence-electron chi connectivity index (χ3n) is 7.33. The van der Waals surface area contributed by atoms with E-state index < -0.39 is 6.03 Å². The molecule has 7 N–H and O–H groups in total. The van der Waals surface area contributed by atoms with Gasteiger partial charge in [-0.05, 0) is 54.3 Å². The Bertz CT molecular complexity index is 1670. The molecule has 0 bridgehead atoms. The van der Waals surface area contributed by atoms with Crippen LogP contribution in [-0.4, -0.2) is 27.4 Å². The normalized spacial score (nSPS) is 17.2. The average molecular weight is 618 g/mol. The largest absolute Gasteiger partial charge is 0.506 e. The highest BCUT2D eigenvalue weighted by Crippen LogP contribution is 2.38. The number of pyridine rings is 1. The standard InChI is InChI=1S/C33H40ClN7O3/c1-19(2)31(37)41-18-21(11-15-29(41)36)44-27-14-12-25(22-8-6-7-9-23(22)27)39-32(43)40-30(17-28(35)33(3,4)5)38-20-10-13-26(42)24(34)16-20/h6-11,13,15-19,25,27,36-37,42H,12,14,35H2,1-5H3,(H2,38,39,40,43)/b28-17-,36-29?,37-31?. The van der Waals surface area contributed by atoms with Crippen molar-refractivity contribution in [3.05, 3.63) is 94.2 Å². The second-order valence-corrected chi connectivity index (χ2v) is 12.5. The van der Waals surface area contributed by atoms with Crippen molar-refractivity contribution in [1.29, 1.82) is 10.8 Å². The minimum Gasteiger partial charge on any atom is -0.506 e. The van der Waals surface area contributed by atoms with Crippen LogP contribution in [0.5, 0.6) is 11.5 Å². The van der Waals surface area contributed by atoms with Gasteiger partial charge in [-0.2, -0.15) is 0 Å². The number of amides is 2. The molecule has 0 fully saturated rings. The number of nitrogens with two attached hydrogens (primary N) is 1. The van der Waals surface area contributed by atoms with Crippen LogP contribution in [0.25, 0.3) is 0 Å². The minimum atomic E-state index is -0.454. The topological polar surface area (TPSA) is 162 Å². The number of allylic oxidation sites excluding steroid dienone is 1. The molecule has 2 unspecified atom stereocenters. The molecule has 2 atom stereocenters. The molecule has 11 heteroatoms. The van der Waals surface area contributed by atoms with Crippen molar-refractivity contribution in [2.45, 2.75) is 59.6 Å². The van der Waals surface area contributed by atoms with Crippen molar-refractivity contribution in [2.24, 2.45) is 22.1 Å². The summed E-state index contributed by atoms with van der Waals surface area (Å²) in [7, 11) is 0. The summed E-state index contributed by atoms with van der Waals surface area (Å²) < 4.78 is 7.91. The van der Waals surface area contributed by atoms with Gasteiger partial charge in [-0.15, -0.1) is 0 Å². The molecule has 3 aromatic rings. The molecule has 0 aliphatic heterocycles. The van der Waals surface area contributed by atoms with Crippen LogP contribution < -0.4 is 26.6 Å². The van der Waals surface area contributed by atoms with E-state index in [1.165, 1.54) is 16.7 Å². The summed E-state index contributed by atoms with van der Waals surface area (Å²) in [6, 6.07) is 15.0. The van der Waals surface area contributed by atoms with Crippen LogP contribution in [0.2, 0.25) is 5.02 Å². The summed E-state index contributed by atoms with van der Waals surface area (Å²) in [5.41, 5.74) is 9.01. The Hall–Kier alpha value is -4.57. The molecule has 0 radical (unpaired) electrons. The number of nitrogens with one attached hydrogen (secondary N) is 4. The molecular weight excluding hydrogens is 578 g/mol. The van der Waals surface area contributed by atoms with Gasteiger partial charge in [-0.3, -0.25) is 20.7 Å². The molecular formula is C33H40ClN7O3. The van der Waals surface area contributed by atoms with Gasteiger partial charge in [0.15, 0.2) is 0 Å². The van der Waals surface area contributed by atoms with Gasteiger partial charge >= 0.3 is 6.03 Å². The maximum atomic E-state index is 13.3. The number of aromatic hydroxyl groups is 1. The number of hydrogen-bond acceptors (Lipinski definition) is 7. The van der Waals surface area contributed by atoms with Crippen LogP contribution in [0.4, 0.5) is 10.5 Å². The van der Waals surface area contributed by atoms with Crippen LogP contribution in [0.3, 0.4) is 0 Å². The first kappa shape index (κ1) is 32.3. The summed E-state index contributed by atoms with van der Waals surface area (Å²) in [5, 5.41) is 32.4. The van der Waals surface area contributed by atoms with Gasteiger partial charge in [-0.25, -0.2) is 9.79 Å². The van der Waals surface area contributed by atoms with Crippen molar-refractivity contribution in [3.8, 4) is 11.5 Å². The number of aromatic nitrogens is 1. The predicted molar refractivity (Wildman–Crippen MR) is 174 cm³/mol. The number of carbonyl (C=O) groups is 1. The van der Waals surface area contributed by atoms with Crippen molar-refractivity contribution >= 4 is 35.0 Å². The molecule has 0 spiro atoms. The number of phenols is 1. The Kier molecular flexibility index (Phi) is 9.84. The fraction of sp³-hybridized carbons (Fsp3) is 0.333. The number of urea groups is 1. The summed E-state index contributed by atoms with van der Waals surface area (Å²) >= 11 is 6.07. The number of carbonyl (C=O) groups excluding carboxylic acids is 1. The van der Waals surface area contributed by atoms with Crippen molar-refractivity contribution in [2.75, 3.05) is 0 Å². The Morgan fingerprint density at radius 2 is 1.86 bits per heavy atom. The fourth-order valence-electron chi connectivity index (χ4n) is 4.69. The molecule has 0 saturated carbocycles. The lowest BCUT2D eigenvalue weighted by Gasteiger charge is -2.32. The van der Waals surface area contributed by atoms with Gasteiger partial charge in [-0.1, -0.05) is 70.5 Å². The molecule has 1 heterocycles. The van der Waals surface area contributed by atoms with Gasteiger partial charge in [0.1, 0.15) is 34.8 Å². The minimum absolute atomic E-state index is 0.0439. The smallest absolute Gasteiger partial charge is 0.320 e. The van der Waals surface area contributed by atoms with E-state index in [0.717, 1.165) is 11.1 Å². The van der Waals surface area contributed by atoms with Crippen LogP contribution in [0.1, 0.15) is 70.7 Å². The third-order valence-corrected chi connectivity index (χ3v) is 7.63. The molecule has 0 saturated heterocycles. The highest BCUT2D eigenvalue weighted by molar-refractivity contribution is 6.32. The predicted octanol–water partition coefficient (Wildman–Crippen LogP) is 6.68. The number of ether oxygens (including phenoxy) is 1. The summed E-state index contributed by atoms with van der Waals surface area (Å²) in [4.78, 5) is 17.9. The van der Waals surface area contributed by atoms with E-state index in [1.54, 1.807) is 30.5 Å². The number of amidine groups is 1. The van der Waals surface area contributed by atoms with E-state index in [4.69, 9.17) is 32.9 Å². The fourth-order valence-corrected chi connectivity index (χ4v) is 4.87. The Morgan fingerprint density at radius 3 is 2.52 bits per heavy atom. The first-order chi connectivity index (χ1) is 20.7. The lowest BCUT2D eigenvalue weighted by molar-refractivity contribution is 0.171. The number of benzene rings is 2. The third kappa shape index (κ3) is 7.87. The van der Waals surface area contributed by atoms with Gasteiger partial charge in [0, 0.05) is 23.1 Å². The Balaban J connectivity index is 1.55. The zero-order valence-corrected chi connectivity index (χ0v) is 26.4. The highest BCUT2D eigenvalue weighted by Gasteiger charge is 2.30. The lowest BCUT2D eigenvalue weighted by Crippen LogP contribution is -2.42. The molecule has 44 heavy (non-hydrogen) atoms. The average Bonchev–Trinajstić information content (AvgIpc) is 2.96. The SMILES string of the molecule is CC(C)C(=N)n1cc(OC2CCC(NC(=O)NC(/C=C(\N)C(C)(C)C)=Nc3ccc(O)c(Cl)c3)c3ccccc32)ccc1=N. The highest BCUT2D eigenvalue weighted by atomic mass is 35.5. The summed E-state index contributed by atoms with van der Waals surface area (Å²) in [6.45, 7) is 9.70. The van der Waals surface area contributed by atoms with Gasteiger partial charge in [0.05, 0.1) is 22.9 Å². The van der Waals surface area contributed by atoms with Crippen molar-refractivity contribution in [3.63, 3.8) is 0 Å². The number of rotatable bonds is 6. The van der Waals surface area contributed by atoms with E-state index in [1.807, 2.05) is 58.9 Å². The van der Waals surface area contributed by atoms with Crippen LogP contribution in [-0.2, 0) is 0 Å². The Labute approximate surface area is 262 Å². The van der Waals surface area contributed by atoms with Gasteiger partial charge in [0.25, 0.3) is 0 Å². The molecule has 1 aliphatic carbocycles. The Morgan fingerprint density at radius 1 is 1.16 bits per heavy atom. The number of aliphatic imine (C=N–C) groups is 1. The zero-order chi connectivity index (χ0) is 32.2. The lowest BCUT2D eigenvalue weighted by atomic mass is 9.85. The molecule has 1 aromatic heterocycles. The van der Waals surface area contributed by atoms with Crippen molar-refractivity contribution < 1.29 is 14.6 Å². The number of hydrogen-bond donors (Lipinski definition) is 6. The number of halogens is 1. The van der Waals surface area contributed by atoms with Crippen molar-refractivity contribution in [1.82, 2.24) is 15.2 Å². The summed E-state index contributed by atoms with van der Waals surface area (Å²) in [6.07, 6.45) is 4.29. The molecule has 232 valence electrons. The number of phenolic OH excluding ortho intramolecular Hbond substituents is 1. The van der Waals surface area contributed by atoms with E-state index in [9.17, 15) is 9.90 Å². The van der Waals surface area contributed by atoms with Crippen LogP contribution >= 0.6 is 11.6 Å². The van der Waals surface area contributed by atoms with Crippen LogP contribution in [0, 0.1) is 22.2 Å². The zero-order valence-electron chi connectivity index (χ0n) is 25.6. The summed E-state index contributed by atoms with van der Waals surface area (Å²) in [5.74, 6) is 0.991. The van der Waals surface area contributed by atoms with Crippen LogP contribution in [0.15, 0.2) is 77.6 Å². The molecule has 4 rings (SSSR count). The maximum Gasteiger partial charge on any atom is 0.320 e. The molecule has 2 amide bonds. The number of fused-ring (bicyclic) bond motifs is 1. The second-order valence-electron chi connectivity index (χ2n) is 12.1. The first-order valence-corrected chi connectivity index (χ1v) is 14.8. The maximum absolute atomic E-state index is 13.3. The van der Waals surface area contributed by atoms with E-state index in [-0.39, 0.29) is 45.6 Å².